The van der Waals surface area contributed by atoms with Gasteiger partial charge in [-0.05, 0) is 0 Å². The largest absolute Gasteiger partial charge is 1.00 e. The average Bonchev–Trinajstić information content (AvgIpc) is 0.811. The van der Waals surface area contributed by atoms with Gasteiger partial charge in [-0.15, -0.1) is 0 Å². The van der Waals surface area contributed by atoms with E-state index in [9.17, 15) is 0 Å². The predicted octanol–water partition coefficient (Wildman–Crippen LogP) is -3.57. The van der Waals surface area contributed by atoms with Gasteiger partial charge >= 0.3 is 29.6 Å². The molecule has 0 N–H and O–H groups in total. The summed E-state index contributed by atoms with van der Waals surface area (Å²) in [6.07, 6.45) is 0. The zero-order valence-corrected chi connectivity index (χ0v) is 8.47. The van der Waals surface area contributed by atoms with E-state index in [-0.39, 0.29) is 63.7 Å². The van der Waals surface area contributed by atoms with Gasteiger partial charge in [0.15, 0.2) is 0 Å². The summed E-state index contributed by atoms with van der Waals surface area (Å²) in [6.45, 7) is 0. The molecule has 0 amide bonds. The van der Waals surface area contributed by atoms with Crippen molar-refractivity contribution in [3.8, 4) is 0 Å². The van der Waals surface area contributed by atoms with Crippen LogP contribution in [0.4, 0.5) is 0 Å². The Kier molecular flexibility index (Phi) is 51.7. The maximum atomic E-state index is 8.44. The first-order chi connectivity index (χ1) is 1.73. The first kappa shape index (κ1) is 23.1. The number of hydrogen-bond donors (Lipinski definition) is 0. The molecule has 41 valence electrons. The molecular formula is FeMnNaO3S-. The Morgan fingerprint density at radius 1 is 1.29 bits per heavy atom. The molecule has 0 aromatic carbocycles. The van der Waals surface area contributed by atoms with Crippen LogP contribution in [0.1, 0.15) is 0 Å². The summed E-state index contributed by atoms with van der Waals surface area (Å²) in [7, 11) is -3.11. The average molecular weight is 214 g/mol. The molecule has 0 aliphatic carbocycles. The van der Waals surface area contributed by atoms with Crippen molar-refractivity contribution in [2.45, 2.75) is 0 Å². The van der Waals surface area contributed by atoms with Crippen LogP contribution in [0.5, 0.6) is 0 Å². The molecule has 0 fully saturated rings. The Hall–Kier alpha value is 1.95. The van der Waals surface area contributed by atoms with Gasteiger partial charge in [-0.2, -0.15) is 11.0 Å². The molecule has 0 heterocycles. The molecule has 0 bridgehead atoms. The van der Waals surface area contributed by atoms with Gasteiger partial charge in [0, 0.05) is 34.1 Å². The zero-order valence-electron chi connectivity index (χ0n) is 3.36. The Morgan fingerprint density at radius 2 is 1.29 bits per heavy atom. The maximum Gasteiger partial charge on any atom is 1.00 e. The fourth-order valence-electron chi connectivity index (χ4n) is 0. The normalized spacial score (nSPS) is 4.86. The summed E-state index contributed by atoms with van der Waals surface area (Å²) in [5, 5.41) is 0. The van der Waals surface area contributed by atoms with Crippen molar-refractivity contribution in [1.82, 2.24) is 0 Å². The van der Waals surface area contributed by atoms with Gasteiger partial charge < -0.3 is 13.0 Å². The van der Waals surface area contributed by atoms with Crippen molar-refractivity contribution in [3.63, 3.8) is 0 Å². The Labute approximate surface area is 86.6 Å². The molecule has 0 unspecified atom stereocenters. The fourth-order valence-corrected chi connectivity index (χ4v) is 0. The van der Waals surface area contributed by atoms with Crippen LogP contribution in [-0.4, -0.2) is 4.55 Å². The van der Waals surface area contributed by atoms with Gasteiger partial charge in [0.2, 0.25) is 0 Å². The maximum absolute atomic E-state index is 8.44. The van der Waals surface area contributed by atoms with Crippen LogP contribution >= 0.6 is 0 Å². The molecular weight excluding hydrogens is 214 g/mol. The summed E-state index contributed by atoms with van der Waals surface area (Å²) < 4.78 is 25.3. The van der Waals surface area contributed by atoms with Crippen LogP contribution in [0.2, 0.25) is 0 Å². The van der Waals surface area contributed by atoms with E-state index in [0.717, 1.165) is 0 Å². The van der Waals surface area contributed by atoms with E-state index >= 15 is 0 Å². The smallest absolute Gasteiger partial charge is 0.917 e. The van der Waals surface area contributed by atoms with Gasteiger partial charge in [0.1, 0.15) is 0 Å². The topological polar surface area (TPSA) is 57.2 Å². The van der Waals surface area contributed by atoms with Crippen LogP contribution in [0.25, 0.3) is 0 Å². The van der Waals surface area contributed by atoms with Crippen LogP contribution < -0.4 is 29.6 Å². The standard InChI is InChI=1S/Fe.Mn.Na.O3S/c;;;1-4(2)3/q;;+1;-2. The van der Waals surface area contributed by atoms with E-state index in [2.05, 4.69) is 0 Å². The van der Waals surface area contributed by atoms with Crippen LogP contribution in [0.15, 0.2) is 0 Å². The molecule has 7 heteroatoms. The minimum Gasteiger partial charge on any atom is -0.917 e. The summed E-state index contributed by atoms with van der Waals surface area (Å²) in [5.74, 6) is 0. The van der Waals surface area contributed by atoms with Crippen LogP contribution in [-0.2, 0) is 53.5 Å². The Balaban J connectivity index is -0.0000000150. The number of rotatable bonds is 0. The van der Waals surface area contributed by atoms with Gasteiger partial charge in [0.05, 0.1) is 0 Å². The summed E-state index contributed by atoms with van der Waals surface area (Å²) in [4.78, 5) is 0. The van der Waals surface area contributed by atoms with E-state index in [1.165, 1.54) is 0 Å². The van der Waals surface area contributed by atoms with E-state index in [4.69, 9.17) is 13.0 Å². The summed E-state index contributed by atoms with van der Waals surface area (Å²) in [6, 6.07) is 0. The molecule has 0 atom stereocenters. The monoisotopic (exact) mass is 214 g/mol. The van der Waals surface area contributed by atoms with Crippen molar-refractivity contribution < 1.29 is 76.7 Å². The molecule has 0 rings (SSSR count). The van der Waals surface area contributed by atoms with Crippen LogP contribution in [0, 0.1) is 0 Å². The minimum atomic E-state index is -3.11. The van der Waals surface area contributed by atoms with Crippen molar-refractivity contribution in [3.05, 3.63) is 0 Å². The van der Waals surface area contributed by atoms with Gasteiger partial charge in [0.25, 0.3) is 0 Å². The van der Waals surface area contributed by atoms with Crippen molar-refractivity contribution in [2.24, 2.45) is 0 Å². The molecule has 0 saturated carbocycles. The Morgan fingerprint density at radius 3 is 1.29 bits per heavy atom. The zero-order chi connectivity index (χ0) is 3.58. The molecule has 0 aromatic heterocycles. The first-order valence-electron chi connectivity index (χ1n) is 0.500. The second-order valence-corrected chi connectivity index (χ2v) is 0.612. The van der Waals surface area contributed by atoms with E-state index in [1.54, 1.807) is 0 Å². The molecule has 7 heavy (non-hydrogen) atoms. The van der Waals surface area contributed by atoms with E-state index in [1.807, 2.05) is 0 Å². The summed E-state index contributed by atoms with van der Waals surface area (Å²) >= 11 is 0. The quantitative estimate of drug-likeness (QED) is 0.181. The minimum absolute atomic E-state index is 0. The molecule has 0 saturated heterocycles. The molecule has 0 aliphatic rings. The fraction of sp³-hybridized carbons (Fsp3) is 0. The van der Waals surface area contributed by atoms with Crippen molar-refractivity contribution in [2.75, 3.05) is 0 Å². The van der Waals surface area contributed by atoms with E-state index < -0.39 is 11.0 Å². The molecule has 0 aliphatic heterocycles. The second-order valence-electron chi connectivity index (χ2n) is 0.204. The first-order valence-corrected chi connectivity index (χ1v) is 1.50. The molecule has 0 aromatic rings. The third-order valence-corrected chi connectivity index (χ3v) is 0. The van der Waals surface area contributed by atoms with Gasteiger partial charge in [-0.1, -0.05) is 0 Å². The predicted molar refractivity (Wildman–Crippen MR) is 9.52 cm³/mol. The molecule has 3 nitrogen and oxygen atoms in total. The number of hydrogen-bond acceptors (Lipinski definition) is 4. The summed E-state index contributed by atoms with van der Waals surface area (Å²) in [5.41, 5.74) is 0. The SMILES string of the molecule is O=[S-](=O)[O-].[Fe].[Mn].[Na+]. The molecule has 1 radical (unpaired) electrons. The van der Waals surface area contributed by atoms with Crippen molar-refractivity contribution in [1.29, 1.82) is 0 Å². The molecule has 0 spiro atoms. The Bertz CT molecular complexity index is 63.3. The van der Waals surface area contributed by atoms with Crippen molar-refractivity contribution >= 4 is 11.0 Å². The van der Waals surface area contributed by atoms with E-state index in [0.29, 0.717) is 0 Å². The van der Waals surface area contributed by atoms with Crippen LogP contribution in [0.3, 0.4) is 0 Å². The van der Waals surface area contributed by atoms with Gasteiger partial charge in [-0.25, -0.2) is 0 Å². The third kappa shape index (κ3) is 74.1. The van der Waals surface area contributed by atoms with Gasteiger partial charge in [-0.3, -0.25) is 0 Å². The second kappa shape index (κ2) is 15.7. The third-order valence-electron chi connectivity index (χ3n) is 0.